The highest BCUT2D eigenvalue weighted by Crippen LogP contribution is 2.16. The monoisotopic (exact) mass is 229 g/mol. The van der Waals surface area contributed by atoms with Crippen LogP contribution in [0, 0.1) is 0 Å². The molecule has 0 amide bonds. The van der Waals surface area contributed by atoms with Crippen molar-refractivity contribution in [3.63, 3.8) is 0 Å². The fourth-order valence-electron chi connectivity index (χ4n) is 1.50. The number of hydrogen-bond donors (Lipinski definition) is 1. The number of nitrogens with zero attached hydrogens (tertiary/aromatic N) is 2. The lowest BCUT2D eigenvalue weighted by atomic mass is 10.1. The van der Waals surface area contributed by atoms with E-state index in [1.54, 1.807) is 0 Å². The number of aromatic nitrogens is 2. The zero-order valence-corrected chi connectivity index (χ0v) is 8.83. The number of aromatic amines is 1. The average molecular weight is 229 g/mol. The smallest absolute Gasteiger partial charge is 0.260 e. The van der Waals surface area contributed by atoms with Crippen molar-refractivity contribution in [3.05, 3.63) is 12.5 Å². The molecule has 0 aromatic carbocycles. The predicted octanol–water partition coefficient (Wildman–Crippen LogP) is -0.237. The third kappa shape index (κ3) is 1.93. The Kier molecular flexibility index (Phi) is 2.57. The van der Waals surface area contributed by atoms with Crippen LogP contribution in [0.3, 0.4) is 0 Å². The maximum atomic E-state index is 11.9. The van der Waals surface area contributed by atoms with E-state index in [0.29, 0.717) is 12.8 Å². The topological polar surface area (TPSA) is 83.1 Å². The van der Waals surface area contributed by atoms with Crippen LogP contribution in [-0.4, -0.2) is 41.6 Å². The third-order valence-corrected chi connectivity index (χ3v) is 4.20. The first-order valence-corrected chi connectivity index (χ1v) is 6.05. The summed E-state index contributed by atoms with van der Waals surface area (Å²) in [5.41, 5.74) is 0. The van der Waals surface area contributed by atoms with Crippen molar-refractivity contribution in [2.75, 3.05) is 13.1 Å². The normalized spacial score (nSPS) is 19.3. The maximum absolute atomic E-state index is 11.9. The highest BCUT2D eigenvalue weighted by atomic mass is 32.2. The summed E-state index contributed by atoms with van der Waals surface area (Å²) in [5.74, 6) is 0.117. The van der Waals surface area contributed by atoms with Crippen molar-refractivity contribution < 1.29 is 13.2 Å². The van der Waals surface area contributed by atoms with E-state index in [-0.39, 0.29) is 23.9 Å². The number of nitrogens with one attached hydrogen (secondary N) is 1. The lowest BCUT2D eigenvalue weighted by Gasteiger charge is -2.24. The molecule has 7 heteroatoms. The van der Waals surface area contributed by atoms with E-state index in [9.17, 15) is 13.2 Å². The first kappa shape index (κ1) is 10.3. The number of H-pyrrole nitrogens is 1. The Morgan fingerprint density at radius 3 is 2.53 bits per heavy atom. The molecule has 0 spiro atoms. The summed E-state index contributed by atoms with van der Waals surface area (Å²) in [6.45, 7) is 0.528. The molecule has 1 aliphatic heterocycles. The minimum atomic E-state index is -3.48. The molecule has 1 aromatic rings. The number of hydrogen-bond acceptors (Lipinski definition) is 4. The van der Waals surface area contributed by atoms with Crippen LogP contribution in [0.4, 0.5) is 0 Å². The van der Waals surface area contributed by atoms with E-state index in [0.717, 1.165) is 0 Å². The molecule has 15 heavy (non-hydrogen) atoms. The van der Waals surface area contributed by atoms with Gasteiger partial charge in [-0.05, 0) is 0 Å². The van der Waals surface area contributed by atoms with E-state index in [4.69, 9.17) is 0 Å². The minimum absolute atomic E-state index is 0.0804. The SMILES string of the molecule is O=C1CCN(S(=O)(=O)c2cnc[nH]2)CC1. The Morgan fingerprint density at radius 1 is 1.33 bits per heavy atom. The van der Waals surface area contributed by atoms with E-state index in [2.05, 4.69) is 9.97 Å². The zero-order chi connectivity index (χ0) is 10.9. The summed E-state index contributed by atoms with van der Waals surface area (Å²) in [5, 5.41) is 0.0804. The standard InChI is InChI=1S/C8H11N3O3S/c12-7-1-3-11(4-2-7)15(13,14)8-5-9-6-10-8/h5-6H,1-4H2,(H,9,10). The fourth-order valence-corrected chi connectivity index (χ4v) is 2.84. The first-order valence-electron chi connectivity index (χ1n) is 4.61. The molecule has 1 saturated heterocycles. The molecule has 0 saturated carbocycles. The summed E-state index contributed by atoms with van der Waals surface area (Å²) < 4.78 is 25.1. The quantitative estimate of drug-likeness (QED) is 0.759. The summed E-state index contributed by atoms with van der Waals surface area (Å²) in [6, 6.07) is 0. The summed E-state index contributed by atoms with van der Waals surface area (Å²) in [7, 11) is -3.48. The molecule has 6 nitrogen and oxygen atoms in total. The number of Topliss-reactive ketones (excluding diaryl/α,β-unsaturated/α-hetero) is 1. The number of sulfonamides is 1. The van der Waals surface area contributed by atoms with Gasteiger partial charge in [-0.2, -0.15) is 4.31 Å². The van der Waals surface area contributed by atoms with Crippen molar-refractivity contribution >= 4 is 15.8 Å². The summed E-state index contributed by atoms with van der Waals surface area (Å²) in [6.07, 6.45) is 3.19. The number of carbonyl (C=O) groups excluding carboxylic acids is 1. The van der Waals surface area contributed by atoms with Crippen molar-refractivity contribution in [1.29, 1.82) is 0 Å². The second-order valence-corrected chi connectivity index (χ2v) is 5.26. The van der Waals surface area contributed by atoms with Crippen LogP contribution >= 0.6 is 0 Å². The summed E-state index contributed by atoms with van der Waals surface area (Å²) in [4.78, 5) is 17.2. The van der Waals surface area contributed by atoms with Crippen LogP contribution in [0.5, 0.6) is 0 Å². The molecule has 1 fully saturated rings. The van der Waals surface area contributed by atoms with Crippen LogP contribution in [0.15, 0.2) is 17.6 Å². The van der Waals surface area contributed by atoms with Crippen LogP contribution in [0.25, 0.3) is 0 Å². The molecule has 2 heterocycles. The Morgan fingerprint density at radius 2 is 2.00 bits per heavy atom. The molecule has 0 aliphatic carbocycles. The molecule has 1 N–H and O–H groups in total. The molecule has 0 radical (unpaired) electrons. The van der Waals surface area contributed by atoms with Gasteiger partial charge in [0.05, 0.1) is 12.5 Å². The number of imidazole rings is 1. The van der Waals surface area contributed by atoms with Crippen molar-refractivity contribution in [2.24, 2.45) is 0 Å². The molecule has 0 unspecified atom stereocenters. The Hall–Kier alpha value is -1.21. The highest BCUT2D eigenvalue weighted by Gasteiger charge is 2.29. The van der Waals surface area contributed by atoms with Gasteiger partial charge >= 0.3 is 0 Å². The van der Waals surface area contributed by atoms with E-state index < -0.39 is 10.0 Å². The molecular formula is C8H11N3O3S. The molecule has 2 rings (SSSR count). The van der Waals surface area contributed by atoms with Gasteiger partial charge < -0.3 is 4.98 Å². The van der Waals surface area contributed by atoms with Gasteiger partial charge in [0.1, 0.15) is 5.78 Å². The van der Waals surface area contributed by atoms with Gasteiger partial charge in [0.2, 0.25) is 0 Å². The Balaban J connectivity index is 2.20. The van der Waals surface area contributed by atoms with Gasteiger partial charge in [0.15, 0.2) is 5.03 Å². The number of carbonyl (C=O) groups is 1. The number of piperidine rings is 1. The van der Waals surface area contributed by atoms with Gasteiger partial charge in [-0.3, -0.25) is 4.79 Å². The van der Waals surface area contributed by atoms with Crippen molar-refractivity contribution in [2.45, 2.75) is 17.9 Å². The van der Waals surface area contributed by atoms with E-state index in [1.165, 1.54) is 16.8 Å². The second-order valence-electron chi connectivity index (χ2n) is 3.36. The van der Waals surface area contributed by atoms with E-state index >= 15 is 0 Å². The predicted molar refractivity (Wildman–Crippen MR) is 51.6 cm³/mol. The van der Waals surface area contributed by atoms with Gasteiger partial charge in [0, 0.05) is 25.9 Å². The van der Waals surface area contributed by atoms with Crippen molar-refractivity contribution in [1.82, 2.24) is 14.3 Å². The first-order chi connectivity index (χ1) is 7.10. The maximum Gasteiger partial charge on any atom is 0.260 e. The lowest BCUT2D eigenvalue weighted by molar-refractivity contribution is -0.120. The minimum Gasteiger partial charge on any atom is -0.335 e. The molecule has 0 bridgehead atoms. The van der Waals surface area contributed by atoms with Crippen LogP contribution in [0.2, 0.25) is 0 Å². The molecule has 1 aliphatic rings. The lowest BCUT2D eigenvalue weighted by Crippen LogP contribution is -2.38. The van der Waals surface area contributed by atoms with Crippen LogP contribution in [-0.2, 0) is 14.8 Å². The molecule has 0 atom stereocenters. The molecular weight excluding hydrogens is 218 g/mol. The summed E-state index contributed by atoms with van der Waals surface area (Å²) >= 11 is 0. The van der Waals surface area contributed by atoms with Crippen LogP contribution in [0.1, 0.15) is 12.8 Å². The average Bonchev–Trinajstić information content (AvgIpc) is 2.71. The number of rotatable bonds is 2. The Labute approximate surface area is 87.4 Å². The molecule has 82 valence electrons. The van der Waals surface area contributed by atoms with Crippen LogP contribution < -0.4 is 0 Å². The fraction of sp³-hybridized carbons (Fsp3) is 0.500. The zero-order valence-electron chi connectivity index (χ0n) is 8.01. The second kappa shape index (κ2) is 3.74. The third-order valence-electron chi connectivity index (χ3n) is 2.37. The Bertz CT molecular complexity index is 441. The van der Waals surface area contributed by atoms with Gasteiger partial charge in [-0.25, -0.2) is 13.4 Å². The highest BCUT2D eigenvalue weighted by molar-refractivity contribution is 7.89. The van der Waals surface area contributed by atoms with Crippen molar-refractivity contribution in [3.8, 4) is 0 Å². The number of ketones is 1. The van der Waals surface area contributed by atoms with Gasteiger partial charge in [-0.1, -0.05) is 0 Å². The van der Waals surface area contributed by atoms with Gasteiger partial charge in [0.25, 0.3) is 10.0 Å². The largest absolute Gasteiger partial charge is 0.335 e. The van der Waals surface area contributed by atoms with Gasteiger partial charge in [-0.15, -0.1) is 0 Å². The molecule has 1 aromatic heterocycles. The van der Waals surface area contributed by atoms with E-state index in [1.807, 2.05) is 0 Å².